The molecule has 0 saturated heterocycles. The molecule has 2 aliphatic rings. The Hall–Kier alpha value is -2.04. The fourth-order valence-corrected chi connectivity index (χ4v) is 2.95. The van der Waals surface area contributed by atoms with Gasteiger partial charge in [0.15, 0.2) is 6.61 Å². The van der Waals surface area contributed by atoms with Crippen LogP contribution in [0.3, 0.4) is 0 Å². The Morgan fingerprint density at radius 3 is 2.90 bits per heavy atom. The van der Waals surface area contributed by atoms with Crippen molar-refractivity contribution in [3.8, 4) is 5.75 Å². The molecule has 1 saturated carbocycles. The van der Waals surface area contributed by atoms with Gasteiger partial charge in [-0.1, -0.05) is 25.3 Å². The number of amides is 2. The maximum atomic E-state index is 12.1. The SMILES string of the molecule is O=C1COc2ccc(CC(=O)NC3CCCCC3)cc2N1. The van der Waals surface area contributed by atoms with Crippen LogP contribution in [0.2, 0.25) is 0 Å². The van der Waals surface area contributed by atoms with Gasteiger partial charge in [0.2, 0.25) is 5.91 Å². The average molecular weight is 288 g/mol. The van der Waals surface area contributed by atoms with Crippen molar-refractivity contribution in [1.29, 1.82) is 0 Å². The Labute approximate surface area is 124 Å². The van der Waals surface area contributed by atoms with Crippen LogP contribution in [-0.2, 0) is 16.0 Å². The van der Waals surface area contributed by atoms with E-state index in [1.54, 1.807) is 6.07 Å². The van der Waals surface area contributed by atoms with Gasteiger partial charge in [-0.2, -0.15) is 0 Å². The molecule has 1 heterocycles. The molecule has 1 aliphatic heterocycles. The van der Waals surface area contributed by atoms with Crippen LogP contribution in [0.15, 0.2) is 18.2 Å². The Morgan fingerprint density at radius 1 is 1.29 bits per heavy atom. The summed E-state index contributed by atoms with van der Waals surface area (Å²) in [4.78, 5) is 23.4. The van der Waals surface area contributed by atoms with Crippen LogP contribution in [-0.4, -0.2) is 24.5 Å². The molecule has 0 bridgehead atoms. The summed E-state index contributed by atoms with van der Waals surface area (Å²) in [6.45, 7) is 0.0501. The van der Waals surface area contributed by atoms with E-state index in [9.17, 15) is 9.59 Å². The topological polar surface area (TPSA) is 67.4 Å². The molecule has 1 aliphatic carbocycles. The van der Waals surface area contributed by atoms with E-state index in [4.69, 9.17) is 4.74 Å². The van der Waals surface area contributed by atoms with Crippen molar-refractivity contribution in [2.75, 3.05) is 11.9 Å². The molecule has 5 heteroatoms. The lowest BCUT2D eigenvalue weighted by atomic mass is 9.95. The number of nitrogens with one attached hydrogen (secondary N) is 2. The summed E-state index contributed by atoms with van der Waals surface area (Å²) in [6.07, 6.45) is 6.18. The first kappa shape index (κ1) is 13.9. The molecule has 0 radical (unpaired) electrons. The summed E-state index contributed by atoms with van der Waals surface area (Å²) in [6, 6.07) is 5.81. The van der Waals surface area contributed by atoms with E-state index < -0.39 is 0 Å². The van der Waals surface area contributed by atoms with Crippen molar-refractivity contribution in [3.63, 3.8) is 0 Å². The second kappa shape index (κ2) is 6.16. The second-order valence-corrected chi connectivity index (χ2v) is 5.75. The van der Waals surface area contributed by atoms with Gasteiger partial charge < -0.3 is 15.4 Å². The van der Waals surface area contributed by atoms with Gasteiger partial charge in [-0.05, 0) is 30.5 Å². The molecule has 112 valence electrons. The number of anilines is 1. The standard InChI is InChI=1S/C16H20N2O3/c19-15(17-12-4-2-1-3-5-12)9-11-6-7-14-13(8-11)18-16(20)10-21-14/h6-8,12H,1-5,9-10H2,(H,17,19)(H,18,20). The third-order valence-corrected chi connectivity index (χ3v) is 4.01. The lowest BCUT2D eigenvalue weighted by Crippen LogP contribution is -2.37. The van der Waals surface area contributed by atoms with Gasteiger partial charge in [0.1, 0.15) is 5.75 Å². The maximum absolute atomic E-state index is 12.1. The van der Waals surface area contributed by atoms with Crippen LogP contribution in [0, 0.1) is 0 Å². The molecule has 1 aromatic carbocycles. The number of hydrogen-bond donors (Lipinski definition) is 2. The maximum Gasteiger partial charge on any atom is 0.262 e. The fourth-order valence-electron chi connectivity index (χ4n) is 2.95. The number of carbonyl (C=O) groups excluding carboxylic acids is 2. The first-order chi connectivity index (χ1) is 10.2. The molecule has 1 fully saturated rings. The van der Waals surface area contributed by atoms with Gasteiger partial charge in [-0.15, -0.1) is 0 Å². The highest BCUT2D eigenvalue weighted by atomic mass is 16.5. The third kappa shape index (κ3) is 3.54. The van der Waals surface area contributed by atoms with E-state index in [0.29, 0.717) is 23.9 Å². The van der Waals surface area contributed by atoms with Crippen LogP contribution < -0.4 is 15.4 Å². The van der Waals surface area contributed by atoms with E-state index in [1.807, 2.05) is 12.1 Å². The molecule has 5 nitrogen and oxygen atoms in total. The van der Waals surface area contributed by atoms with Crippen molar-refractivity contribution < 1.29 is 14.3 Å². The summed E-state index contributed by atoms with van der Waals surface area (Å²) in [5.41, 5.74) is 1.53. The zero-order valence-electron chi connectivity index (χ0n) is 12.0. The summed E-state index contributed by atoms with van der Waals surface area (Å²) in [7, 11) is 0. The lowest BCUT2D eigenvalue weighted by Gasteiger charge is -2.23. The van der Waals surface area contributed by atoms with Gasteiger partial charge in [0.05, 0.1) is 12.1 Å². The van der Waals surface area contributed by atoms with Gasteiger partial charge >= 0.3 is 0 Å². The molecular weight excluding hydrogens is 268 g/mol. The third-order valence-electron chi connectivity index (χ3n) is 4.01. The Kier molecular flexibility index (Phi) is 4.08. The minimum absolute atomic E-state index is 0.0462. The summed E-state index contributed by atoms with van der Waals surface area (Å²) < 4.78 is 5.30. The Bertz CT molecular complexity index is 550. The van der Waals surface area contributed by atoms with Crippen LogP contribution >= 0.6 is 0 Å². The minimum atomic E-state index is -0.161. The summed E-state index contributed by atoms with van der Waals surface area (Å²) >= 11 is 0. The van der Waals surface area contributed by atoms with Crippen molar-refractivity contribution in [2.45, 2.75) is 44.6 Å². The largest absolute Gasteiger partial charge is 0.482 e. The molecule has 1 aromatic rings. The number of rotatable bonds is 3. The van der Waals surface area contributed by atoms with E-state index in [-0.39, 0.29) is 18.4 Å². The molecule has 21 heavy (non-hydrogen) atoms. The van der Waals surface area contributed by atoms with Gasteiger partial charge in [0, 0.05) is 6.04 Å². The average Bonchev–Trinajstić information content (AvgIpc) is 2.47. The van der Waals surface area contributed by atoms with Gasteiger partial charge in [-0.3, -0.25) is 9.59 Å². The highest BCUT2D eigenvalue weighted by molar-refractivity contribution is 5.95. The van der Waals surface area contributed by atoms with Crippen molar-refractivity contribution in [2.24, 2.45) is 0 Å². The quantitative estimate of drug-likeness (QED) is 0.894. The van der Waals surface area contributed by atoms with Crippen LogP contribution in [0.25, 0.3) is 0 Å². The highest BCUT2D eigenvalue weighted by Gasteiger charge is 2.18. The zero-order chi connectivity index (χ0) is 14.7. The predicted molar refractivity (Wildman–Crippen MR) is 79.3 cm³/mol. The monoisotopic (exact) mass is 288 g/mol. The van der Waals surface area contributed by atoms with Crippen molar-refractivity contribution >= 4 is 17.5 Å². The van der Waals surface area contributed by atoms with E-state index in [2.05, 4.69) is 10.6 Å². The molecule has 0 aromatic heterocycles. The first-order valence-electron chi connectivity index (χ1n) is 7.55. The lowest BCUT2D eigenvalue weighted by molar-refractivity contribution is -0.121. The Balaban J connectivity index is 1.60. The zero-order valence-corrected chi connectivity index (χ0v) is 12.0. The molecule has 0 atom stereocenters. The molecule has 2 N–H and O–H groups in total. The number of ether oxygens (including phenoxy) is 1. The van der Waals surface area contributed by atoms with Crippen LogP contribution in [0.4, 0.5) is 5.69 Å². The summed E-state index contributed by atoms with van der Waals surface area (Å²) in [5, 5.41) is 5.86. The molecule has 2 amide bonds. The highest BCUT2D eigenvalue weighted by Crippen LogP contribution is 2.28. The van der Waals surface area contributed by atoms with E-state index in [0.717, 1.165) is 18.4 Å². The fraction of sp³-hybridized carbons (Fsp3) is 0.500. The minimum Gasteiger partial charge on any atom is -0.482 e. The number of benzene rings is 1. The van der Waals surface area contributed by atoms with Crippen LogP contribution in [0.5, 0.6) is 5.75 Å². The smallest absolute Gasteiger partial charge is 0.262 e. The number of fused-ring (bicyclic) bond motifs is 1. The normalized spacial score (nSPS) is 18.4. The molecule has 0 unspecified atom stereocenters. The molecule has 0 spiro atoms. The second-order valence-electron chi connectivity index (χ2n) is 5.75. The molecular formula is C16H20N2O3. The predicted octanol–water partition coefficient (Wildman–Crippen LogP) is 2.01. The number of carbonyl (C=O) groups is 2. The van der Waals surface area contributed by atoms with Crippen LogP contribution in [0.1, 0.15) is 37.7 Å². The van der Waals surface area contributed by atoms with E-state index >= 15 is 0 Å². The van der Waals surface area contributed by atoms with Gasteiger partial charge in [0.25, 0.3) is 5.91 Å². The van der Waals surface area contributed by atoms with Crippen molar-refractivity contribution in [1.82, 2.24) is 5.32 Å². The van der Waals surface area contributed by atoms with E-state index in [1.165, 1.54) is 19.3 Å². The summed E-state index contributed by atoms with van der Waals surface area (Å²) in [5.74, 6) is 0.544. The van der Waals surface area contributed by atoms with Crippen molar-refractivity contribution in [3.05, 3.63) is 23.8 Å². The first-order valence-corrected chi connectivity index (χ1v) is 7.55. The molecule has 3 rings (SSSR count). The number of hydrogen-bond acceptors (Lipinski definition) is 3. The Morgan fingerprint density at radius 2 is 2.10 bits per heavy atom. The van der Waals surface area contributed by atoms with Gasteiger partial charge in [-0.25, -0.2) is 0 Å².